The van der Waals surface area contributed by atoms with Gasteiger partial charge < -0.3 is 15.0 Å². The Hall–Kier alpha value is -0.290. The molecule has 2 heterocycles. The SMILES string of the molecule is CCNC(=NCC1(C)CCOC1)N1CCN(C(C)C(F)(F)F)CC1.I. The van der Waals surface area contributed by atoms with Crippen LogP contribution in [0.1, 0.15) is 27.2 Å². The van der Waals surface area contributed by atoms with Crippen LogP contribution in [0.3, 0.4) is 0 Å². The van der Waals surface area contributed by atoms with Crippen LogP contribution in [0.25, 0.3) is 0 Å². The second-order valence-electron chi connectivity index (χ2n) is 7.02. The molecule has 2 saturated heterocycles. The zero-order valence-electron chi connectivity index (χ0n) is 15.2. The summed E-state index contributed by atoms with van der Waals surface area (Å²) < 4.78 is 44.0. The van der Waals surface area contributed by atoms with Crippen molar-refractivity contribution in [1.29, 1.82) is 0 Å². The van der Waals surface area contributed by atoms with Crippen LogP contribution in [0.4, 0.5) is 13.2 Å². The quantitative estimate of drug-likeness (QED) is 0.383. The molecule has 0 aromatic rings. The summed E-state index contributed by atoms with van der Waals surface area (Å²) in [6.07, 6.45) is -3.18. The molecule has 2 fully saturated rings. The Bertz CT molecular complexity index is 434. The van der Waals surface area contributed by atoms with E-state index in [9.17, 15) is 13.2 Å². The summed E-state index contributed by atoms with van der Waals surface area (Å²) in [5.74, 6) is 0.796. The molecule has 5 nitrogen and oxygen atoms in total. The molecular formula is C16H30F3IN4O. The van der Waals surface area contributed by atoms with Gasteiger partial charge in [0.25, 0.3) is 0 Å². The summed E-state index contributed by atoms with van der Waals surface area (Å²) in [4.78, 5) is 8.27. The number of rotatable bonds is 4. The highest BCUT2D eigenvalue weighted by Crippen LogP contribution is 2.28. The summed E-state index contributed by atoms with van der Waals surface area (Å²) in [7, 11) is 0. The van der Waals surface area contributed by atoms with E-state index in [1.807, 2.05) is 6.92 Å². The van der Waals surface area contributed by atoms with Crippen molar-refractivity contribution >= 4 is 29.9 Å². The molecule has 2 rings (SSSR count). The molecular weight excluding hydrogens is 448 g/mol. The number of aliphatic imine (C=N–C) groups is 1. The Morgan fingerprint density at radius 2 is 1.92 bits per heavy atom. The molecule has 148 valence electrons. The molecule has 2 unspecified atom stereocenters. The van der Waals surface area contributed by atoms with Crippen LogP contribution in [0, 0.1) is 5.41 Å². The van der Waals surface area contributed by atoms with Crippen LogP contribution < -0.4 is 5.32 Å². The van der Waals surface area contributed by atoms with Crippen molar-refractivity contribution in [3.63, 3.8) is 0 Å². The second-order valence-corrected chi connectivity index (χ2v) is 7.02. The molecule has 0 aromatic heterocycles. The minimum Gasteiger partial charge on any atom is -0.381 e. The fourth-order valence-electron chi connectivity index (χ4n) is 3.05. The van der Waals surface area contributed by atoms with Gasteiger partial charge in [0.05, 0.1) is 13.2 Å². The topological polar surface area (TPSA) is 40.1 Å². The smallest absolute Gasteiger partial charge is 0.381 e. The van der Waals surface area contributed by atoms with E-state index >= 15 is 0 Å². The largest absolute Gasteiger partial charge is 0.403 e. The van der Waals surface area contributed by atoms with Crippen LogP contribution in [0.15, 0.2) is 4.99 Å². The van der Waals surface area contributed by atoms with Gasteiger partial charge >= 0.3 is 6.18 Å². The van der Waals surface area contributed by atoms with Crippen molar-refractivity contribution in [2.45, 2.75) is 39.4 Å². The predicted octanol–water partition coefficient (Wildman–Crippen LogP) is 2.56. The van der Waals surface area contributed by atoms with Crippen molar-refractivity contribution in [3.05, 3.63) is 0 Å². The first-order valence-corrected chi connectivity index (χ1v) is 8.67. The van der Waals surface area contributed by atoms with Gasteiger partial charge in [0, 0.05) is 44.7 Å². The van der Waals surface area contributed by atoms with Crippen molar-refractivity contribution < 1.29 is 17.9 Å². The number of guanidine groups is 1. The lowest BCUT2D eigenvalue weighted by Gasteiger charge is -2.39. The van der Waals surface area contributed by atoms with Gasteiger partial charge in [0.15, 0.2) is 5.96 Å². The van der Waals surface area contributed by atoms with Gasteiger partial charge in [0.1, 0.15) is 6.04 Å². The Balaban J connectivity index is 0.00000312. The first-order valence-electron chi connectivity index (χ1n) is 8.67. The maximum atomic E-state index is 12.8. The summed E-state index contributed by atoms with van der Waals surface area (Å²) in [6, 6.07) is -1.39. The third-order valence-electron chi connectivity index (χ3n) is 4.88. The number of alkyl halides is 3. The number of nitrogens with one attached hydrogen (secondary N) is 1. The third kappa shape index (κ3) is 6.42. The van der Waals surface area contributed by atoms with Crippen molar-refractivity contribution in [3.8, 4) is 0 Å². The number of nitrogens with zero attached hydrogens (tertiary/aromatic N) is 3. The fraction of sp³-hybridized carbons (Fsp3) is 0.938. The summed E-state index contributed by atoms with van der Waals surface area (Å²) in [5.41, 5.74) is 0.0628. The molecule has 0 spiro atoms. The maximum absolute atomic E-state index is 12.8. The molecule has 9 heteroatoms. The van der Waals surface area contributed by atoms with E-state index in [0.29, 0.717) is 39.3 Å². The molecule has 2 aliphatic rings. The number of ether oxygens (including phenoxy) is 1. The van der Waals surface area contributed by atoms with Gasteiger partial charge in [-0.2, -0.15) is 13.2 Å². The van der Waals surface area contributed by atoms with E-state index in [0.717, 1.165) is 25.5 Å². The number of halogens is 4. The van der Waals surface area contributed by atoms with Gasteiger partial charge in [-0.25, -0.2) is 0 Å². The van der Waals surface area contributed by atoms with Gasteiger partial charge in [-0.05, 0) is 20.3 Å². The molecule has 25 heavy (non-hydrogen) atoms. The molecule has 2 aliphatic heterocycles. The van der Waals surface area contributed by atoms with E-state index < -0.39 is 12.2 Å². The van der Waals surface area contributed by atoms with E-state index in [-0.39, 0.29) is 29.4 Å². The van der Waals surface area contributed by atoms with Crippen molar-refractivity contribution in [2.24, 2.45) is 10.4 Å². The molecule has 0 aliphatic carbocycles. The summed E-state index contributed by atoms with van der Waals surface area (Å²) >= 11 is 0. The normalized spacial score (nSPS) is 27.1. The molecule has 0 saturated carbocycles. The number of hydrogen-bond acceptors (Lipinski definition) is 3. The van der Waals surface area contributed by atoms with Gasteiger partial charge in [-0.15, -0.1) is 24.0 Å². The zero-order chi connectivity index (χ0) is 17.8. The number of piperazine rings is 1. The average Bonchev–Trinajstić information content (AvgIpc) is 2.97. The monoisotopic (exact) mass is 478 g/mol. The fourth-order valence-corrected chi connectivity index (χ4v) is 3.05. The lowest BCUT2D eigenvalue weighted by molar-refractivity contribution is -0.181. The Morgan fingerprint density at radius 1 is 1.28 bits per heavy atom. The van der Waals surface area contributed by atoms with Crippen LogP contribution >= 0.6 is 24.0 Å². The molecule has 1 N–H and O–H groups in total. The van der Waals surface area contributed by atoms with Gasteiger partial charge in [0.2, 0.25) is 0 Å². The van der Waals surface area contributed by atoms with E-state index in [1.54, 1.807) is 0 Å². The van der Waals surface area contributed by atoms with Crippen LogP contribution in [0.2, 0.25) is 0 Å². The lowest BCUT2D eigenvalue weighted by atomic mass is 9.90. The highest BCUT2D eigenvalue weighted by molar-refractivity contribution is 14.0. The van der Waals surface area contributed by atoms with Crippen LogP contribution in [-0.2, 0) is 4.74 Å². The lowest BCUT2D eigenvalue weighted by Crippen LogP contribution is -2.56. The minimum absolute atomic E-state index is 0. The number of hydrogen-bond donors (Lipinski definition) is 1. The van der Waals surface area contributed by atoms with Gasteiger partial charge in [-0.3, -0.25) is 9.89 Å². The maximum Gasteiger partial charge on any atom is 0.403 e. The molecule has 0 amide bonds. The molecule has 0 bridgehead atoms. The standard InChI is InChI=1S/C16H29F3N4O.HI/c1-4-20-14(21-11-15(3)5-10-24-12-15)23-8-6-22(7-9-23)13(2)16(17,18)19;/h13H,4-12H2,1-3H3,(H,20,21);1H. The zero-order valence-corrected chi connectivity index (χ0v) is 17.6. The predicted molar refractivity (Wildman–Crippen MR) is 104 cm³/mol. The summed E-state index contributed by atoms with van der Waals surface area (Å²) in [5, 5.41) is 3.26. The van der Waals surface area contributed by atoms with Gasteiger partial charge in [-0.1, -0.05) is 6.92 Å². The van der Waals surface area contributed by atoms with Crippen molar-refractivity contribution in [1.82, 2.24) is 15.1 Å². The van der Waals surface area contributed by atoms with E-state index in [4.69, 9.17) is 9.73 Å². The molecule has 0 radical (unpaired) electrons. The Morgan fingerprint density at radius 3 is 2.40 bits per heavy atom. The summed E-state index contributed by atoms with van der Waals surface area (Å²) in [6.45, 7) is 10.2. The van der Waals surface area contributed by atoms with Crippen LogP contribution in [-0.4, -0.2) is 80.5 Å². The van der Waals surface area contributed by atoms with Crippen molar-refractivity contribution in [2.75, 3.05) is 52.5 Å². The van der Waals surface area contributed by atoms with E-state index in [2.05, 4.69) is 17.1 Å². The first-order chi connectivity index (χ1) is 11.2. The molecule has 0 aromatic carbocycles. The third-order valence-corrected chi connectivity index (χ3v) is 4.88. The Kier molecular flexibility index (Phi) is 8.73. The van der Waals surface area contributed by atoms with E-state index in [1.165, 1.54) is 11.8 Å². The highest BCUT2D eigenvalue weighted by Gasteiger charge is 2.41. The highest BCUT2D eigenvalue weighted by atomic mass is 127. The Labute approximate surface area is 165 Å². The second kappa shape index (κ2) is 9.59. The minimum atomic E-state index is -4.17. The first kappa shape index (κ1) is 22.8. The average molecular weight is 478 g/mol. The molecule has 2 atom stereocenters. The van der Waals surface area contributed by atoms with Crippen LogP contribution in [0.5, 0.6) is 0 Å².